The van der Waals surface area contributed by atoms with Crippen LogP contribution in [0.1, 0.15) is 46.8 Å². The number of nitrogens with zero attached hydrogens (tertiary/aromatic N) is 2. The number of hydrogen-bond acceptors (Lipinski definition) is 3. The van der Waals surface area contributed by atoms with Gasteiger partial charge in [-0.25, -0.2) is 0 Å². The fourth-order valence-electron chi connectivity index (χ4n) is 3.24. The van der Waals surface area contributed by atoms with Crippen molar-refractivity contribution < 1.29 is 14.4 Å². The Morgan fingerprint density at radius 1 is 1.00 bits per heavy atom. The fourth-order valence-corrected chi connectivity index (χ4v) is 3.24. The Bertz CT molecular complexity index is 842. The van der Waals surface area contributed by atoms with E-state index in [0.717, 1.165) is 11.1 Å². The minimum atomic E-state index is -0.129. The van der Waals surface area contributed by atoms with Crippen molar-refractivity contribution in [2.24, 2.45) is 0 Å². The van der Waals surface area contributed by atoms with Crippen LogP contribution in [-0.2, 0) is 22.7 Å². The molecule has 140 valence electrons. The molecular weight excluding hydrogens is 340 g/mol. The molecule has 0 radical (unpaired) electrons. The molecule has 5 heteroatoms. The number of hydrogen-bond donors (Lipinski definition) is 0. The zero-order valence-corrected chi connectivity index (χ0v) is 15.8. The van der Waals surface area contributed by atoms with Crippen molar-refractivity contribution in [2.45, 2.75) is 39.8 Å². The van der Waals surface area contributed by atoms with Crippen LogP contribution in [0.5, 0.6) is 0 Å². The number of rotatable bonds is 6. The summed E-state index contributed by atoms with van der Waals surface area (Å²) in [5.74, 6) is -0.285. The molecule has 0 atom stereocenters. The van der Waals surface area contributed by atoms with Gasteiger partial charge >= 0.3 is 0 Å². The van der Waals surface area contributed by atoms with Crippen LogP contribution >= 0.6 is 0 Å². The second kappa shape index (κ2) is 8.16. The summed E-state index contributed by atoms with van der Waals surface area (Å²) in [5, 5.41) is 0. The van der Waals surface area contributed by atoms with Crippen molar-refractivity contribution in [3.05, 3.63) is 70.8 Å². The maximum Gasteiger partial charge on any atom is 0.254 e. The van der Waals surface area contributed by atoms with Gasteiger partial charge in [0.25, 0.3) is 5.91 Å². The molecule has 1 aliphatic heterocycles. The first kappa shape index (κ1) is 18.8. The molecule has 5 nitrogen and oxygen atoms in total. The summed E-state index contributed by atoms with van der Waals surface area (Å²) < 4.78 is 0. The normalized spacial score (nSPS) is 13.9. The molecule has 2 aromatic rings. The van der Waals surface area contributed by atoms with Crippen LogP contribution in [0.15, 0.2) is 48.5 Å². The molecule has 0 saturated carbocycles. The van der Waals surface area contributed by atoms with Crippen molar-refractivity contribution >= 4 is 17.7 Å². The molecule has 0 unspecified atom stereocenters. The van der Waals surface area contributed by atoms with Gasteiger partial charge in [0, 0.05) is 31.5 Å². The van der Waals surface area contributed by atoms with Crippen LogP contribution in [0.2, 0.25) is 0 Å². The summed E-state index contributed by atoms with van der Waals surface area (Å²) >= 11 is 0. The largest absolute Gasteiger partial charge is 0.335 e. The molecule has 0 spiro atoms. The van der Waals surface area contributed by atoms with Crippen LogP contribution in [0.3, 0.4) is 0 Å². The standard InChI is InChI=1S/C22H24N2O3/c1-3-23(15-19-7-5-4-6-16(19)2)22(27)18-10-8-17(9-11-18)14-24-20(25)12-13-21(24)26/h4-11H,3,12-15H2,1-2H3. The topological polar surface area (TPSA) is 57.7 Å². The van der Waals surface area contributed by atoms with Gasteiger partial charge < -0.3 is 4.90 Å². The zero-order chi connectivity index (χ0) is 19.4. The second-order valence-corrected chi connectivity index (χ2v) is 6.82. The summed E-state index contributed by atoms with van der Waals surface area (Å²) in [6.07, 6.45) is 0.583. The van der Waals surface area contributed by atoms with Gasteiger partial charge in [-0.3, -0.25) is 19.3 Å². The van der Waals surface area contributed by atoms with E-state index in [1.165, 1.54) is 10.5 Å². The summed E-state index contributed by atoms with van der Waals surface area (Å²) in [7, 11) is 0. The number of likely N-dealkylation sites (tertiary alicyclic amines) is 1. The van der Waals surface area contributed by atoms with Crippen LogP contribution < -0.4 is 0 Å². The van der Waals surface area contributed by atoms with Gasteiger partial charge in [-0.05, 0) is 42.7 Å². The minimum Gasteiger partial charge on any atom is -0.335 e. The van der Waals surface area contributed by atoms with Gasteiger partial charge in [0.1, 0.15) is 0 Å². The van der Waals surface area contributed by atoms with Gasteiger partial charge in [-0.1, -0.05) is 36.4 Å². The van der Waals surface area contributed by atoms with Crippen LogP contribution in [0.25, 0.3) is 0 Å². The lowest BCUT2D eigenvalue weighted by Gasteiger charge is -2.22. The molecule has 1 saturated heterocycles. The lowest BCUT2D eigenvalue weighted by molar-refractivity contribution is -0.139. The zero-order valence-electron chi connectivity index (χ0n) is 15.8. The van der Waals surface area contributed by atoms with Gasteiger partial charge in [-0.2, -0.15) is 0 Å². The summed E-state index contributed by atoms with van der Waals surface area (Å²) in [6.45, 7) is 5.47. The van der Waals surface area contributed by atoms with E-state index in [1.807, 2.05) is 55.1 Å². The number of amides is 3. The van der Waals surface area contributed by atoms with Crippen molar-refractivity contribution in [2.75, 3.05) is 6.54 Å². The maximum absolute atomic E-state index is 12.9. The van der Waals surface area contributed by atoms with Crippen molar-refractivity contribution in [3.63, 3.8) is 0 Å². The highest BCUT2D eigenvalue weighted by Gasteiger charge is 2.28. The maximum atomic E-state index is 12.9. The number of carbonyl (C=O) groups excluding carboxylic acids is 3. The lowest BCUT2D eigenvalue weighted by Crippen LogP contribution is -2.30. The van der Waals surface area contributed by atoms with Gasteiger partial charge in [0.05, 0.1) is 6.54 Å². The number of carbonyl (C=O) groups is 3. The molecule has 0 aliphatic carbocycles. The van der Waals surface area contributed by atoms with Gasteiger partial charge in [0.2, 0.25) is 11.8 Å². The predicted octanol–water partition coefficient (Wildman–Crippen LogP) is 3.31. The van der Waals surface area contributed by atoms with E-state index in [1.54, 1.807) is 12.1 Å². The fraction of sp³-hybridized carbons (Fsp3) is 0.318. The van der Waals surface area contributed by atoms with Crippen molar-refractivity contribution in [1.29, 1.82) is 0 Å². The van der Waals surface area contributed by atoms with E-state index < -0.39 is 0 Å². The molecule has 0 bridgehead atoms. The summed E-state index contributed by atoms with van der Waals surface area (Å²) in [4.78, 5) is 39.4. The number of benzene rings is 2. The first-order valence-electron chi connectivity index (χ1n) is 9.25. The predicted molar refractivity (Wildman–Crippen MR) is 103 cm³/mol. The van der Waals surface area contributed by atoms with Crippen molar-refractivity contribution in [1.82, 2.24) is 9.80 Å². The molecule has 0 N–H and O–H groups in total. The summed E-state index contributed by atoms with van der Waals surface area (Å²) in [6, 6.07) is 15.2. The van der Waals surface area contributed by atoms with Crippen LogP contribution in [0.4, 0.5) is 0 Å². The average molecular weight is 364 g/mol. The average Bonchev–Trinajstić information content (AvgIpc) is 2.99. The summed E-state index contributed by atoms with van der Waals surface area (Å²) in [5.41, 5.74) is 3.75. The Morgan fingerprint density at radius 2 is 1.63 bits per heavy atom. The molecule has 3 rings (SSSR count). The van der Waals surface area contributed by atoms with Crippen LogP contribution in [0, 0.1) is 6.92 Å². The highest BCUT2D eigenvalue weighted by molar-refractivity contribution is 6.01. The Hall–Kier alpha value is -2.95. The number of aryl methyl sites for hydroxylation is 1. The van der Waals surface area contributed by atoms with Gasteiger partial charge in [0.15, 0.2) is 0 Å². The van der Waals surface area contributed by atoms with Gasteiger partial charge in [-0.15, -0.1) is 0 Å². The molecule has 3 amide bonds. The smallest absolute Gasteiger partial charge is 0.254 e. The quantitative estimate of drug-likeness (QED) is 0.739. The molecule has 2 aromatic carbocycles. The monoisotopic (exact) mass is 364 g/mol. The SMILES string of the molecule is CCN(Cc1ccccc1C)C(=O)c1ccc(CN2C(=O)CCC2=O)cc1. The Kier molecular flexibility index (Phi) is 5.69. The third kappa shape index (κ3) is 4.25. The Morgan fingerprint density at radius 3 is 2.22 bits per heavy atom. The Balaban J connectivity index is 1.69. The molecule has 1 heterocycles. The first-order valence-corrected chi connectivity index (χ1v) is 9.25. The Labute approximate surface area is 159 Å². The molecule has 1 fully saturated rings. The highest BCUT2D eigenvalue weighted by atomic mass is 16.2. The first-order chi connectivity index (χ1) is 13.0. The lowest BCUT2D eigenvalue weighted by atomic mass is 10.1. The van der Waals surface area contributed by atoms with E-state index in [9.17, 15) is 14.4 Å². The van der Waals surface area contributed by atoms with E-state index in [4.69, 9.17) is 0 Å². The molecule has 27 heavy (non-hydrogen) atoms. The van der Waals surface area contributed by atoms with E-state index in [-0.39, 0.29) is 24.3 Å². The number of imide groups is 1. The highest BCUT2D eigenvalue weighted by Crippen LogP contribution is 2.18. The van der Waals surface area contributed by atoms with E-state index in [2.05, 4.69) is 0 Å². The second-order valence-electron chi connectivity index (χ2n) is 6.82. The van der Waals surface area contributed by atoms with Crippen molar-refractivity contribution in [3.8, 4) is 0 Å². The third-order valence-electron chi connectivity index (χ3n) is 4.99. The van der Waals surface area contributed by atoms with E-state index in [0.29, 0.717) is 31.5 Å². The molecule has 1 aliphatic rings. The van der Waals surface area contributed by atoms with Crippen LogP contribution in [-0.4, -0.2) is 34.1 Å². The third-order valence-corrected chi connectivity index (χ3v) is 4.99. The van der Waals surface area contributed by atoms with E-state index >= 15 is 0 Å². The molecular formula is C22H24N2O3. The minimum absolute atomic E-state index is 0.0272. The molecule has 0 aromatic heterocycles.